The second-order valence-corrected chi connectivity index (χ2v) is 3.68. The van der Waals surface area contributed by atoms with Crippen LogP contribution < -0.4 is 0 Å². The van der Waals surface area contributed by atoms with Crippen molar-refractivity contribution in [3.63, 3.8) is 0 Å². The average Bonchev–Trinajstić information content (AvgIpc) is 2.25. The van der Waals surface area contributed by atoms with Gasteiger partial charge in [-0.15, -0.1) is 0 Å². The molecule has 1 heteroatoms. The van der Waals surface area contributed by atoms with Crippen molar-refractivity contribution in [1.82, 2.24) is 4.90 Å². The standard InChI is InChI=1S/C8H15N/c1-6-5-7-3-4-8(6)9(7)2/h6-8H,3-5H2,1-2H3/t6-,7?,8?/m0/s1. The molecule has 0 N–H and O–H groups in total. The van der Waals surface area contributed by atoms with Crippen LogP contribution in [0.4, 0.5) is 0 Å². The van der Waals surface area contributed by atoms with Crippen molar-refractivity contribution in [2.24, 2.45) is 5.92 Å². The summed E-state index contributed by atoms with van der Waals surface area (Å²) in [5, 5.41) is 0. The fraction of sp³-hybridized carbons (Fsp3) is 1.00. The molecule has 2 aliphatic heterocycles. The summed E-state index contributed by atoms with van der Waals surface area (Å²) < 4.78 is 0. The Morgan fingerprint density at radius 2 is 2.11 bits per heavy atom. The molecule has 2 fully saturated rings. The number of fused-ring (bicyclic) bond motifs is 2. The summed E-state index contributed by atoms with van der Waals surface area (Å²) >= 11 is 0. The molecule has 2 heterocycles. The predicted octanol–water partition coefficient (Wildman–Crippen LogP) is 1.49. The Morgan fingerprint density at radius 1 is 1.33 bits per heavy atom. The Balaban J connectivity index is 2.16. The summed E-state index contributed by atoms with van der Waals surface area (Å²) in [6.45, 7) is 2.39. The van der Waals surface area contributed by atoms with Crippen LogP contribution in [-0.4, -0.2) is 24.0 Å². The monoisotopic (exact) mass is 125 g/mol. The van der Waals surface area contributed by atoms with Crippen LogP contribution in [-0.2, 0) is 0 Å². The van der Waals surface area contributed by atoms with E-state index in [1.165, 1.54) is 19.3 Å². The lowest BCUT2D eigenvalue weighted by atomic mass is 9.91. The second kappa shape index (κ2) is 1.72. The molecule has 0 aromatic rings. The van der Waals surface area contributed by atoms with Crippen molar-refractivity contribution in [3.8, 4) is 0 Å². The molecule has 2 unspecified atom stereocenters. The third-order valence-electron chi connectivity index (χ3n) is 3.20. The minimum absolute atomic E-state index is 0.940. The van der Waals surface area contributed by atoms with Crippen molar-refractivity contribution in [3.05, 3.63) is 0 Å². The molecule has 2 bridgehead atoms. The summed E-state index contributed by atoms with van der Waals surface area (Å²) in [5.74, 6) is 0.980. The highest BCUT2D eigenvalue weighted by atomic mass is 15.2. The highest BCUT2D eigenvalue weighted by Crippen LogP contribution is 2.39. The van der Waals surface area contributed by atoms with Gasteiger partial charge in [0.05, 0.1) is 0 Å². The molecule has 2 aliphatic rings. The number of nitrogens with zero attached hydrogens (tertiary/aromatic N) is 1. The Kier molecular flexibility index (Phi) is 1.10. The van der Waals surface area contributed by atoms with E-state index in [1.807, 2.05) is 0 Å². The summed E-state index contributed by atoms with van der Waals surface area (Å²) in [7, 11) is 2.28. The van der Waals surface area contributed by atoms with Crippen LogP contribution in [0.2, 0.25) is 0 Å². The zero-order valence-electron chi connectivity index (χ0n) is 6.30. The van der Waals surface area contributed by atoms with Crippen LogP contribution in [0.3, 0.4) is 0 Å². The Morgan fingerprint density at radius 3 is 2.33 bits per heavy atom. The van der Waals surface area contributed by atoms with Gasteiger partial charge in [0, 0.05) is 12.1 Å². The number of hydrogen-bond acceptors (Lipinski definition) is 1. The van der Waals surface area contributed by atoms with E-state index in [1.54, 1.807) is 0 Å². The van der Waals surface area contributed by atoms with Gasteiger partial charge in [0.25, 0.3) is 0 Å². The van der Waals surface area contributed by atoms with Crippen LogP contribution in [0, 0.1) is 5.92 Å². The zero-order chi connectivity index (χ0) is 6.43. The van der Waals surface area contributed by atoms with E-state index in [0.717, 1.165) is 18.0 Å². The van der Waals surface area contributed by atoms with Crippen molar-refractivity contribution in [1.29, 1.82) is 0 Å². The quantitative estimate of drug-likeness (QED) is 0.474. The lowest BCUT2D eigenvalue weighted by molar-refractivity contribution is 0.296. The Bertz CT molecular complexity index is 122. The van der Waals surface area contributed by atoms with Crippen molar-refractivity contribution in [2.75, 3.05) is 7.05 Å². The Hall–Kier alpha value is -0.0400. The topological polar surface area (TPSA) is 3.24 Å². The summed E-state index contributed by atoms with van der Waals surface area (Å²) in [4.78, 5) is 2.57. The van der Waals surface area contributed by atoms with Crippen LogP contribution in [0.15, 0.2) is 0 Å². The molecule has 0 radical (unpaired) electrons. The SMILES string of the molecule is C[C@H]1CC2CCC1N2C. The van der Waals surface area contributed by atoms with Crippen molar-refractivity contribution < 1.29 is 0 Å². The second-order valence-electron chi connectivity index (χ2n) is 3.68. The molecule has 1 nitrogen and oxygen atoms in total. The highest BCUT2D eigenvalue weighted by Gasteiger charge is 2.41. The van der Waals surface area contributed by atoms with Gasteiger partial charge >= 0.3 is 0 Å². The normalized spacial score (nSPS) is 50.7. The van der Waals surface area contributed by atoms with E-state index in [9.17, 15) is 0 Å². The van der Waals surface area contributed by atoms with Gasteiger partial charge in [-0.05, 0) is 32.2 Å². The molecule has 0 aromatic carbocycles. The lowest BCUT2D eigenvalue weighted by Gasteiger charge is -2.16. The number of hydrogen-bond donors (Lipinski definition) is 0. The van der Waals surface area contributed by atoms with E-state index >= 15 is 0 Å². The average molecular weight is 125 g/mol. The number of rotatable bonds is 0. The van der Waals surface area contributed by atoms with Crippen LogP contribution in [0.25, 0.3) is 0 Å². The van der Waals surface area contributed by atoms with Crippen molar-refractivity contribution in [2.45, 2.75) is 38.3 Å². The van der Waals surface area contributed by atoms with Gasteiger partial charge in [0.15, 0.2) is 0 Å². The largest absolute Gasteiger partial charge is 0.300 e. The van der Waals surface area contributed by atoms with Gasteiger partial charge in [0.1, 0.15) is 0 Å². The van der Waals surface area contributed by atoms with Crippen LogP contribution in [0.5, 0.6) is 0 Å². The maximum Gasteiger partial charge on any atom is 0.0122 e. The highest BCUT2D eigenvalue weighted by molar-refractivity contribution is 4.96. The van der Waals surface area contributed by atoms with E-state index in [0.29, 0.717) is 0 Å². The third kappa shape index (κ3) is 0.644. The lowest BCUT2D eigenvalue weighted by Crippen LogP contribution is -2.24. The Labute approximate surface area is 57.0 Å². The summed E-state index contributed by atoms with van der Waals surface area (Å²) in [6, 6.07) is 1.89. The minimum Gasteiger partial charge on any atom is -0.300 e. The smallest absolute Gasteiger partial charge is 0.0122 e. The third-order valence-corrected chi connectivity index (χ3v) is 3.20. The molecule has 2 saturated heterocycles. The van der Waals surface area contributed by atoms with Crippen molar-refractivity contribution >= 4 is 0 Å². The minimum atomic E-state index is 0.940. The van der Waals surface area contributed by atoms with Gasteiger partial charge in [-0.25, -0.2) is 0 Å². The molecule has 0 amide bonds. The molecular weight excluding hydrogens is 110 g/mol. The first kappa shape index (κ1) is 5.72. The first-order valence-corrected chi connectivity index (χ1v) is 4.01. The van der Waals surface area contributed by atoms with Gasteiger partial charge in [-0.1, -0.05) is 6.92 Å². The molecular formula is C8H15N. The van der Waals surface area contributed by atoms with E-state index < -0.39 is 0 Å². The molecule has 0 aliphatic carbocycles. The van der Waals surface area contributed by atoms with Gasteiger partial charge in [-0.2, -0.15) is 0 Å². The molecule has 9 heavy (non-hydrogen) atoms. The van der Waals surface area contributed by atoms with Gasteiger partial charge in [-0.3, -0.25) is 0 Å². The summed E-state index contributed by atoms with van der Waals surface area (Å²) in [5.41, 5.74) is 0. The fourth-order valence-electron chi connectivity index (χ4n) is 2.60. The molecule has 0 aromatic heterocycles. The molecule has 0 saturated carbocycles. The fourth-order valence-corrected chi connectivity index (χ4v) is 2.60. The molecule has 3 atom stereocenters. The van der Waals surface area contributed by atoms with E-state index in [2.05, 4.69) is 18.9 Å². The van der Waals surface area contributed by atoms with Gasteiger partial charge in [0.2, 0.25) is 0 Å². The van der Waals surface area contributed by atoms with Crippen LogP contribution >= 0.6 is 0 Å². The maximum absolute atomic E-state index is 2.57. The zero-order valence-corrected chi connectivity index (χ0v) is 6.30. The first-order chi connectivity index (χ1) is 4.29. The van der Waals surface area contributed by atoms with Gasteiger partial charge < -0.3 is 4.90 Å². The predicted molar refractivity (Wildman–Crippen MR) is 38.4 cm³/mol. The van der Waals surface area contributed by atoms with Crippen LogP contribution in [0.1, 0.15) is 26.2 Å². The maximum atomic E-state index is 2.57. The summed E-state index contributed by atoms with van der Waals surface area (Å²) in [6.07, 6.45) is 4.38. The molecule has 2 rings (SSSR count). The van der Waals surface area contributed by atoms with E-state index in [-0.39, 0.29) is 0 Å². The molecule has 52 valence electrons. The first-order valence-electron chi connectivity index (χ1n) is 4.01. The molecule has 0 spiro atoms. The van der Waals surface area contributed by atoms with E-state index in [4.69, 9.17) is 0 Å².